The molecule has 4 nitrogen and oxygen atoms in total. The predicted molar refractivity (Wildman–Crippen MR) is 201 cm³/mol. The summed E-state index contributed by atoms with van der Waals surface area (Å²) in [5, 5.41) is 9.26. The Balaban J connectivity index is 1.22. The average molecular weight is 626 g/mol. The van der Waals surface area contributed by atoms with Gasteiger partial charge in [-0.3, -0.25) is 0 Å². The highest BCUT2D eigenvalue weighted by atomic mass is 16.3. The van der Waals surface area contributed by atoms with Crippen LogP contribution in [-0.4, -0.2) is 15.0 Å². The second-order valence-corrected chi connectivity index (χ2v) is 12.5. The Morgan fingerprint density at radius 2 is 0.898 bits per heavy atom. The SMILES string of the molecule is c1ccc(-c2cc(-c3nc(-c4ccc5ccccc5c4)nc(-c4ccc5c(ccc6ccccc65)c4)n3)cc3oc4ccccc4c23)cc1. The molecule has 2 heterocycles. The Kier molecular flexibility index (Phi) is 6.15. The largest absolute Gasteiger partial charge is 0.456 e. The molecule has 10 rings (SSSR count). The Hall–Kier alpha value is -6.65. The maximum Gasteiger partial charge on any atom is 0.164 e. The van der Waals surface area contributed by atoms with Crippen molar-refractivity contribution in [3.05, 3.63) is 164 Å². The zero-order valence-electron chi connectivity index (χ0n) is 26.3. The van der Waals surface area contributed by atoms with Gasteiger partial charge in [0.1, 0.15) is 11.2 Å². The summed E-state index contributed by atoms with van der Waals surface area (Å²) < 4.78 is 6.47. The van der Waals surface area contributed by atoms with Gasteiger partial charge in [0.25, 0.3) is 0 Å². The lowest BCUT2D eigenvalue weighted by Gasteiger charge is -2.12. The third-order valence-corrected chi connectivity index (χ3v) is 9.47. The number of rotatable bonds is 4. The molecule has 2 aromatic heterocycles. The Morgan fingerprint density at radius 3 is 1.71 bits per heavy atom. The van der Waals surface area contributed by atoms with Crippen LogP contribution < -0.4 is 0 Å². The molecule has 0 saturated carbocycles. The molecular weight excluding hydrogens is 599 g/mol. The Labute approximate surface area is 282 Å². The van der Waals surface area contributed by atoms with Crippen molar-refractivity contribution in [2.75, 3.05) is 0 Å². The summed E-state index contributed by atoms with van der Waals surface area (Å²) >= 11 is 0. The van der Waals surface area contributed by atoms with Gasteiger partial charge in [-0.2, -0.15) is 0 Å². The van der Waals surface area contributed by atoms with Crippen molar-refractivity contribution in [3.63, 3.8) is 0 Å². The zero-order chi connectivity index (χ0) is 32.3. The molecule has 8 aromatic carbocycles. The van der Waals surface area contributed by atoms with Gasteiger partial charge in [0.2, 0.25) is 0 Å². The van der Waals surface area contributed by atoms with Gasteiger partial charge in [-0.15, -0.1) is 0 Å². The summed E-state index contributed by atoms with van der Waals surface area (Å²) in [4.78, 5) is 15.4. The summed E-state index contributed by atoms with van der Waals surface area (Å²) in [7, 11) is 0. The predicted octanol–water partition coefficient (Wildman–Crippen LogP) is 11.9. The molecule has 0 fully saturated rings. The molecule has 0 spiro atoms. The fourth-order valence-corrected chi connectivity index (χ4v) is 7.07. The van der Waals surface area contributed by atoms with Gasteiger partial charge in [-0.05, 0) is 73.8 Å². The molecular formula is C45H27N3O. The molecule has 0 bridgehead atoms. The third kappa shape index (κ3) is 4.65. The highest BCUT2D eigenvalue weighted by Gasteiger charge is 2.19. The second kappa shape index (κ2) is 11.0. The summed E-state index contributed by atoms with van der Waals surface area (Å²) in [5.74, 6) is 1.83. The van der Waals surface area contributed by atoms with Crippen LogP contribution >= 0.6 is 0 Å². The van der Waals surface area contributed by atoms with E-state index in [2.05, 4.69) is 146 Å². The minimum Gasteiger partial charge on any atom is -0.456 e. The summed E-state index contributed by atoms with van der Waals surface area (Å²) in [6.45, 7) is 0. The van der Waals surface area contributed by atoms with Crippen LogP contribution in [0.25, 0.3) is 99.5 Å². The van der Waals surface area contributed by atoms with E-state index >= 15 is 0 Å². The molecule has 49 heavy (non-hydrogen) atoms. The third-order valence-electron chi connectivity index (χ3n) is 9.47. The van der Waals surface area contributed by atoms with E-state index in [4.69, 9.17) is 19.4 Å². The molecule has 0 amide bonds. The van der Waals surface area contributed by atoms with Gasteiger partial charge >= 0.3 is 0 Å². The standard InChI is InChI=1S/C45H27N3O/c1-2-11-29(12-3-1)39-26-35(27-41-42(39)38-16-8-9-17-40(38)49-41)45-47-43(33-21-18-28-10-4-5-14-31(28)24-33)46-44(48-45)34-22-23-37-32(25-34)20-19-30-13-6-7-15-36(30)37/h1-27H. The molecule has 0 unspecified atom stereocenters. The van der Waals surface area contributed by atoms with E-state index in [9.17, 15) is 0 Å². The molecule has 0 radical (unpaired) electrons. The van der Waals surface area contributed by atoms with Crippen molar-refractivity contribution >= 4 is 54.3 Å². The van der Waals surface area contributed by atoms with Gasteiger partial charge in [0.15, 0.2) is 17.5 Å². The van der Waals surface area contributed by atoms with Crippen molar-refractivity contribution in [1.82, 2.24) is 15.0 Å². The van der Waals surface area contributed by atoms with Crippen molar-refractivity contribution in [2.45, 2.75) is 0 Å². The molecule has 0 N–H and O–H groups in total. The molecule has 0 atom stereocenters. The first-order chi connectivity index (χ1) is 24.2. The van der Waals surface area contributed by atoms with Crippen molar-refractivity contribution in [3.8, 4) is 45.3 Å². The van der Waals surface area contributed by atoms with Crippen LogP contribution in [0.5, 0.6) is 0 Å². The minimum atomic E-state index is 0.589. The first-order valence-electron chi connectivity index (χ1n) is 16.4. The lowest BCUT2D eigenvalue weighted by atomic mass is 9.96. The molecule has 0 aliphatic carbocycles. The number of benzene rings is 8. The van der Waals surface area contributed by atoms with Gasteiger partial charge in [-0.1, -0.05) is 133 Å². The number of hydrogen-bond acceptors (Lipinski definition) is 4. The van der Waals surface area contributed by atoms with E-state index in [0.717, 1.165) is 60.5 Å². The van der Waals surface area contributed by atoms with Gasteiger partial charge in [-0.25, -0.2) is 15.0 Å². The average Bonchev–Trinajstić information content (AvgIpc) is 3.56. The van der Waals surface area contributed by atoms with Crippen molar-refractivity contribution in [2.24, 2.45) is 0 Å². The lowest BCUT2D eigenvalue weighted by Crippen LogP contribution is -2.00. The summed E-state index contributed by atoms with van der Waals surface area (Å²) in [5.41, 5.74) is 6.55. The van der Waals surface area contributed by atoms with Crippen LogP contribution in [0.3, 0.4) is 0 Å². The van der Waals surface area contributed by atoms with Crippen LogP contribution in [0.4, 0.5) is 0 Å². The van der Waals surface area contributed by atoms with Crippen LogP contribution in [0.2, 0.25) is 0 Å². The number of aromatic nitrogens is 3. The topological polar surface area (TPSA) is 51.8 Å². The molecule has 0 aliphatic rings. The molecule has 4 heteroatoms. The van der Waals surface area contributed by atoms with E-state index in [1.807, 2.05) is 18.2 Å². The zero-order valence-corrected chi connectivity index (χ0v) is 26.3. The smallest absolute Gasteiger partial charge is 0.164 e. The number of furan rings is 1. The second-order valence-electron chi connectivity index (χ2n) is 12.5. The quantitative estimate of drug-likeness (QED) is 0.183. The van der Waals surface area contributed by atoms with E-state index in [1.165, 1.54) is 21.5 Å². The van der Waals surface area contributed by atoms with Gasteiger partial charge < -0.3 is 4.42 Å². The lowest BCUT2D eigenvalue weighted by molar-refractivity contribution is 0.669. The summed E-state index contributed by atoms with van der Waals surface area (Å²) in [6, 6.07) is 57.0. The Morgan fingerprint density at radius 1 is 0.327 bits per heavy atom. The highest BCUT2D eigenvalue weighted by Crippen LogP contribution is 2.40. The van der Waals surface area contributed by atoms with E-state index in [-0.39, 0.29) is 0 Å². The van der Waals surface area contributed by atoms with Crippen molar-refractivity contribution < 1.29 is 4.42 Å². The maximum atomic E-state index is 6.47. The molecule has 0 aliphatic heterocycles. The van der Waals surface area contributed by atoms with Gasteiger partial charge in [0, 0.05) is 27.5 Å². The normalized spacial score (nSPS) is 11.7. The fourth-order valence-electron chi connectivity index (χ4n) is 7.07. The summed E-state index contributed by atoms with van der Waals surface area (Å²) in [6.07, 6.45) is 0. The van der Waals surface area contributed by atoms with E-state index < -0.39 is 0 Å². The minimum absolute atomic E-state index is 0.589. The number of para-hydroxylation sites is 1. The molecule has 10 aromatic rings. The maximum absolute atomic E-state index is 6.47. The fraction of sp³-hybridized carbons (Fsp3) is 0. The van der Waals surface area contributed by atoms with Crippen LogP contribution in [0.1, 0.15) is 0 Å². The van der Waals surface area contributed by atoms with Crippen LogP contribution in [0.15, 0.2) is 168 Å². The first-order valence-corrected chi connectivity index (χ1v) is 16.4. The van der Waals surface area contributed by atoms with E-state index in [1.54, 1.807) is 0 Å². The number of hydrogen-bond donors (Lipinski definition) is 0. The number of fused-ring (bicyclic) bond motifs is 7. The highest BCUT2D eigenvalue weighted by molar-refractivity contribution is 6.13. The van der Waals surface area contributed by atoms with Crippen molar-refractivity contribution in [1.29, 1.82) is 0 Å². The van der Waals surface area contributed by atoms with Gasteiger partial charge in [0.05, 0.1) is 0 Å². The first kappa shape index (κ1) is 27.5. The molecule has 0 saturated heterocycles. The van der Waals surface area contributed by atoms with E-state index in [0.29, 0.717) is 17.5 Å². The number of nitrogens with zero attached hydrogens (tertiary/aromatic N) is 3. The monoisotopic (exact) mass is 625 g/mol. The molecule has 228 valence electrons. The van der Waals surface area contributed by atoms with Crippen LogP contribution in [-0.2, 0) is 0 Å². The Bertz CT molecular complexity index is 2890. The van der Waals surface area contributed by atoms with Crippen LogP contribution in [0, 0.1) is 0 Å².